The third-order valence-corrected chi connectivity index (χ3v) is 6.22. The fourth-order valence-electron chi connectivity index (χ4n) is 3.65. The molecular weight excluding hydrogens is 464 g/mol. The van der Waals surface area contributed by atoms with Gasteiger partial charge in [0.2, 0.25) is 5.91 Å². The van der Waals surface area contributed by atoms with Crippen LogP contribution in [0.4, 0.5) is 11.4 Å². The largest absolute Gasteiger partial charge is 0.495 e. The molecule has 8 heteroatoms. The molecule has 0 radical (unpaired) electrons. The SMILES string of the molecule is COc1ccccc1NC(=O)CSc1cccc(NC(=O)c2cccc3cccc(C(=O)O)c23)c1. The third kappa shape index (κ3) is 5.62. The predicted molar refractivity (Wildman–Crippen MR) is 138 cm³/mol. The van der Waals surface area contributed by atoms with E-state index < -0.39 is 11.9 Å². The molecule has 0 saturated heterocycles. The second-order valence-electron chi connectivity index (χ2n) is 7.53. The van der Waals surface area contributed by atoms with Crippen LogP contribution in [0, 0.1) is 0 Å². The number of rotatable bonds is 8. The first kappa shape index (κ1) is 23.8. The molecule has 0 fully saturated rings. The average molecular weight is 487 g/mol. The second kappa shape index (κ2) is 10.8. The van der Waals surface area contributed by atoms with Crippen molar-refractivity contribution in [3.63, 3.8) is 0 Å². The van der Waals surface area contributed by atoms with Crippen molar-refractivity contribution < 1.29 is 24.2 Å². The minimum absolute atomic E-state index is 0.0682. The Kier molecular flexibility index (Phi) is 7.32. The topological polar surface area (TPSA) is 105 Å². The summed E-state index contributed by atoms with van der Waals surface area (Å²) in [5.41, 5.74) is 1.47. The van der Waals surface area contributed by atoms with Gasteiger partial charge in [0.25, 0.3) is 5.91 Å². The van der Waals surface area contributed by atoms with Gasteiger partial charge in [0.15, 0.2) is 0 Å². The van der Waals surface area contributed by atoms with Crippen molar-refractivity contribution in [2.45, 2.75) is 4.90 Å². The number of amides is 2. The van der Waals surface area contributed by atoms with Crippen molar-refractivity contribution in [1.82, 2.24) is 0 Å². The van der Waals surface area contributed by atoms with Gasteiger partial charge in [-0.1, -0.05) is 42.5 Å². The molecule has 0 spiro atoms. The number of carbonyl (C=O) groups excluding carboxylic acids is 2. The van der Waals surface area contributed by atoms with E-state index in [4.69, 9.17) is 4.74 Å². The lowest BCUT2D eigenvalue weighted by Gasteiger charge is -2.11. The summed E-state index contributed by atoms with van der Waals surface area (Å²) in [5, 5.41) is 16.3. The molecule has 7 nitrogen and oxygen atoms in total. The summed E-state index contributed by atoms with van der Waals surface area (Å²) < 4.78 is 5.25. The number of aromatic carboxylic acids is 1. The van der Waals surface area contributed by atoms with Crippen LogP contribution in [0.3, 0.4) is 0 Å². The van der Waals surface area contributed by atoms with E-state index in [9.17, 15) is 19.5 Å². The number of nitrogens with one attached hydrogen (secondary N) is 2. The van der Waals surface area contributed by atoms with E-state index in [1.807, 2.05) is 18.2 Å². The standard InChI is InChI=1S/C27H22N2O5S/c1-34-23-14-3-2-13-22(23)29-24(30)16-35-19-10-6-9-18(15-19)28-26(31)20-11-4-7-17-8-5-12-21(25(17)20)27(32)33/h2-15H,16H2,1H3,(H,28,31)(H,29,30)(H,32,33). The summed E-state index contributed by atoms with van der Waals surface area (Å²) in [5.74, 6) is -0.956. The molecule has 4 rings (SSSR count). The molecule has 0 heterocycles. The Morgan fingerprint density at radius 1 is 0.857 bits per heavy atom. The smallest absolute Gasteiger partial charge is 0.336 e. The summed E-state index contributed by atoms with van der Waals surface area (Å²) in [6, 6.07) is 24.3. The van der Waals surface area contributed by atoms with Crippen molar-refractivity contribution in [2.24, 2.45) is 0 Å². The Morgan fingerprint density at radius 3 is 2.31 bits per heavy atom. The number of para-hydroxylation sites is 2. The van der Waals surface area contributed by atoms with E-state index >= 15 is 0 Å². The maximum absolute atomic E-state index is 13.1. The van der Waals surface area contributed by atoms with Gasteiger partial charge < -0.3 is 20.5 Å². The molecule has 0 aliphatic carbocycles. The summed E-state index contributed by atoms with van der Waals surface area (Å²) in [6.45, 7) is 0. The van der Waals surface area contributed by atoms with E-state index in [1.54, 1.807) is 67.8 Å². The summed E-state index contributed by atoms with van der Waals surface area (Å²) in [7, 11) is 1.54. The molecule has 35 heavy (non-hydrogen) atoms. The number of methoxy groups -OCH3 is 1. The number of benzene rings is 4. The Bertz CT molecular complexity index is 1410. The minimum atomic E-state index is -1.10. The highest BCUT2D eigenvalue weighted by molar-refractivity contribution is 8.00. The fourth-order valence-corrected chi connectivity index (χ4v) is 4.41. The van der Waals surface area contributed by atoms with Gasteiger partial charge in [-0.25, -0.2) is 4.79 Å². The van der Waals surface area contributed by atoms with Crippen molar-refractivity contribution in [3.05, 3.63) is 96.1 Å². The number of hydrogen-bond donors (Lipinski definition) is 3. The number of anilines is 2. The zero-order valence-electron chi connectivity index (χ0n) is 18.8. The van der Waals surface area contributed by atoms with Gasteiger partial charge in [-0.05, 0) is 47.9 Å². The Balaban J connectivity index is 1.46. The maximum Gasteiger partial charge on any atom is 0.336 e. The fraction of sp³-hybridized carbons (Fsp3) is 0.0741. The molecule has 4 aromatic rings. The minimum Gasteiger partial charge on any atom is -0.495 e. The lowest BCUT2D eigenvalue weighted by atomic mass is 9.98. The van der Waals surface area contributed by atoms with Gasteiger partial charge in [0.1, 0.15) is 5.75 Å². The molecule has 0 atom stereocenters. The van der Waals surface area contributed by atoms with Gasteiger partial charge >= 0.3 is 5.97 Å². The predicted octanol–water partition coefficient (Wildman–Crippen LogP) is 5.53. The van der Waals surface area contributed by atoms with Crippen LogP contribution < -0.4 is 15.4 Å². The first-order valence-electron chi connectivity index (χ1n) is 10.7. The molecular formula is C27H22N2O5S. The molecule has 176 valence electrons. The number of ether oxygens (including phenoxy) is 1. The molecule has 0 unspecified atom stereocenters. The van der Waals surface area contributed by atoms with Crippen LogP contribution in [0.2, 0.25) is 0 Å². The van der Waals surface area contributed by atoms with E-state index in [1.165, 1.54) is 17.8 Å². The number of carboxylic acids is 1. The lowest BCUT2D eigenvalue weighted by molar-refractivity contribution is -0.113. The van der Waals surface area contributed by atoms with Crippen LogP contribution in [-0.4, -0.2) is 35.8 Å². The zero-order valence-corrected chi connectivity index (χ0v) is 19.6. The summed E-state index contributed by atoms with van der Waals surface area (Å²) >= 11 is 1.33. The van der Waals surface area contributed by atoms with E-state index in [0.717, 1.165) is 4.90 Å². The van der Waals surface area contributed by atoms with Gasteiger partial charge in [0, 0.05) is 21.5 Å². The zero-order chi connectivity index (χ0) is 24.8. The van der Waals surface area contributed by atoms with Crippen LogP contribution in [0.25, 0.3) is 10.8 Å². The number of carboxylic acid groups (broad SMARTS) is 1. The third-order valence-electron chi connectivity index (χ3n) is 5.22. The Labute approximate surface area is 206 Å². The molecule has 0 bridgehead atoms. The Morgan fingerprint density at radius 2 is 1.57 bits per heavy atom. The molecule has 0 aliphatic heterocycles. The van der Waals surface area contributed by atoms with E-state index in [2.05, 4.69) is 10.6 Å². The molecule has 0 saturated carbocycles. The van der Waals surface area contributed by atoms with Crippen molar-refractivity contribution >= 4 is 51.7 Å². The van der Waals surface area contributed by atoms with Crippen LogP contribution in [0.15, 0.2) is 89.8 Å². The highest BCUT2D eigenvalue weighted by Crippen LogP contribution is 2.27. The highest BCUT2D eigenvalue weighted by Gasteiger charge is 2.17. The number of carbonyl (C=O) groups is 3. The van der Waals surface area contributed by atoms with Gasteiger partial charge in [-0.15, -0.1) is 11.8 Å². The van der Waals surface area contributed by atoms with Crippen LogP contribution in [-0.2, 0) is 4.79 Å². The molecule has 2 amide bonds. The quantitative estimate of drug-likeness (QED) is 0.283. The monoisotopic (exact) mass is 486 g/mol. The van der Waals surface area contributed by atoms with Gasteiger partial charge in [-0.3, -0.25) is 9.59 Å². The van der Waals surface area contributed by atoms with Crippen molar-refractivity contribution in [1.29, 1.82) is 0 Å². The highest BCUT2D eigenvalue weighted by atomic mass is 32.2. The molecule has 4 aromatic carbocycles. The average Bonchev–Trinajstić information content (AvgIpc) is 2.87. The van der Waals surface area contributed by atoms with E-state index in [0.29, 0.717) is 27.9 Å². The van der Waals surface area contributed by atoms with Crippen molar-refractivity contribution in [3.8, 4) is 5.75 Å². The molecule has 0 aliphatic rings. The Hall–Kier alpha value is -4.30. The van der Waals surface area contributed by atoms with Crippen LogP contribution in [0.1, 0.15) is 20.7 Å². The molecule has 3 N–H and O–H groups in total. The van der Waals surface area contributed by atoms with Crippen LogP contribution >= 0.6 is 11.8 Å². The maximum atomic E-state index is 13.1. The lowest BCUT2D eigenvalue weighted by Crippen LogP contribution is -2.15. The number of hydrogen-bond acceptors (Lipinski definition) is 5. The first-order chi connectivity index (χ1) is 17.0. The number of thioether (sulfide) groups is 1. The number of fused-ring (bicyclic) bond motifs is 1. The van der Waals surface area contributed by atoms with Crippen molar-refractivity contribution in [2.75, 3.05) is 23.5 Å². The van der Waals surface area contributed by atoms with Crippen LogP contribution in [0.5, 0.6) is 5.75 Å². The first-order valence-corrected chi connectivity index (χ1v) is 11.7. The second-order valence-corrected chi connectivity index (χ2v) is 8.58. The van der Waals surface area contributed by atoms with Gasteiger partial charge in [0.05, 0.1) is 24.1 Å². The normalized spacial score (nSPS) is 10.5. The van der Waals surface area contributed by atoms with Gasteiger partial charge in [-0.2, -0.15) is 0 Å². The summed E-state index contributed by atoms with van der Waals surface area (Å²) in [4.78, 5) is 38.0. The molecule has 0 aromatic heterocycles. The summed E-state index contributed by atoms with van der Waals surface area (Å²) in [6.07, 6.45) is 0. The van der Waals surface area contributed by atoms with E-state index in [-0.39, 0.29) is 22.8 Å².